The Balaban J connectivity index is 1.87. The maximum absolute atomic E-state index is 13.5. The number of halogens is 1. The summed E-state index contributed by atoms with van der Waals surface area (Å²) in [5, 5.41) is 11.7. The van der Waals surface area contributed by atoms with Crippen molar-refractivity contribution in [3.63, 3.8) is 0 Å². The van der Waals surface area contributed by atoms with Crippen LogP contribution in [0.5, 0.6) is 11.5 Å². The van der Waals surface area contributed by atoms with E-state index in [2.05, 4.69) is 0 Å². The molecule has 4 rings (SSSR count). The molecule has 1 N–H and O–H groups in total. The minimum absolute atomic E-state index is 0.0757. The molecule has 1 unspecified atom stereocenters. The van der Waals surface area contributed by atoms with E-state index in [-0.39, 0.29) is 40.9 Å². The molecular weight excluding hydrogens is 522 g/mol. The number of Topliss-reactive ketones (excluding diaryl/α,β-unsaturated/α-hetero) is 1. The number of aryl methyl sites for hydroxylation is 1. The molecule has 0 spiro atoms. The van der Waals surface area contributed by atoms with E-state index >= 15 is 0 Å². The van der Waals surface area contributed by atoms with Gasteiger partial charge in [-0.05, 0) is 43.2 Å². The van der Waals surface area contributed by atoms with Crippen LogP contribution in [0.2, 0.25) is 5.02 Å². The number of aliphatic hydroxyl groups is 1. The number of benzene rings is 3. The van der Waals surface area contributed by atoms with Crippen LogP contribution in [0.1, 0.15) is 35.2 Å². The molecule has 1 fully saturated rings. The van der Waals surface area contributed by atoms with E-state index in [9.17, 15) is 19.5 Å². The van der Waals surface area contributed by atoms with E-state index in [4.69, 9.17) is 25.8 Å². The number of ketones is 1. The number of hydrogen-bond donors (Lipinski definition) is 1. The van der Waals surface area contributed by atoms with Crippen molar-refractivity contribution in [3.05, 3.63) is 93.5 Å². The summed E-state index contributed by atoms with van der Waals surface area (Å²) < 4.78 is 15.7. The molecule has 1 amide bonds. The van der Waals surface area contributed by atoms with Gasteiger partial charge in [-0.1, -0.05) is 53.6 Å². The van der Waals surface area contributed by atoms with Crippen LogP contribution in [0.25, 0.3) is 5.76 Å². The first kappa shape index (κ1) is 27.7. The van der Waals surface area contributed by atoms with E-state index in [1.54, 1.807) is 37.3 Å². The molecule has 0 bridgehead atoms. The molecule has 3 aromatic rings. The number of ether oxygens (including phenoxy) is 3. The van der Waals surface area contributed by atoms with E-state index in [0.29, 0.717) is 22.6 Å². The van der Waals surface area contributed by atoms with Gasteiger partial charge in [0.05, 0.1) is 49.4 Å². The zero-order valence-corrected chi connectivity index (χ0v) is 22.7. The van der Waals surface area contributed by atoms with Crippen LogP contribution in [0.3, 0.4) is 0 Å². The second-order valence-corrected chi connectivity index (χ2v) is 9.33. The van der Waals surface area contributed by atoms with Crippen molar-refractivity contribution in [2.75, 3.05) is 25.7 Å². The first-order valence-corrected chi connectivity index (χ1v) is 12.6. The van der Waals surface area contributed by atoms with Crippen molar-refractivity contribution >= 4 is 40.7 Å². The average molecular weight is 550 g/mol. The molecule has 1 atom stereocenters. The molecule has 202 valence electrons. The molecule has 0 radical (unpaired) electrons. The standard InChI is InChI=1S/C30H28ClNO7/c1-5-39-25(33)14-18-9-11-20(12-10-18)32-27(19-8-6-7-17(2)13-19)26(29(35)30(32)36)28(34)21-15-22(31)24(38-4)16-23(21)37-3/h6-13,15-16,27,34H,5,14H2,1-4H3/b28-26+. The molecule has 1 saturated heterocycles. The van der Waals surface area contributed by atoms with Crippen LogP contribution in [0.15, 0.2) is 66.2 Å². The highest BCUT2D eigenvalue weighted by atomic mass is 35.5. The number of nitrogens with zero attached hydrogens (tertiary/aromatic N) is 1. The molecule has 3 aromatic carbocycles. The lowest BCUT2D eigenvalue weighted by atomic mass is 9.94. The smallest absolute Gasteiger partial charge is 0.310 e. The number of anilines is 1. The third-order valence-corrected chi connectivity index (χ3v) is 6.70. The molecular formula is C30H28ClNO7. The Morgan fingerprint density at radius 1 is 1.00 bits per heavy atom. The molecule has 8 nitrogen and oxygen atoms in total. The second-order valence-electron chi connectivity index (χ2n) is 8.92. The summed E-state index contributed by atoms with van der Waals surface area (Å²) in [4.78, 5) is 40.2. The Bertz CT molecular complexity index is 1460. The summed E-state index contributed by atoms with van der Waals surface area (Å²) in [6.45, 7) is 3.91. The lowest BCUT2D eigenvalue weighted by molar-refractivity contribution is -0.142. The number of carbonyl (C=O) groups excluding carboxylic acids is 3. The number of aliphatic hydroxyl groups excluding tert-OH is 1. The predicted molar refractivity (Wildman–Crippen MR) is 147 cm³/mol. The van der Waals surface area contributed by atoms with Gasteiger partial charge < -0.3 is 19.3 Å². The fraction of sp³-hybridized carbons (Fsp3) is 0.233. The molecule has 0 aliphatic carbocycles. The lowest BCUT2D eigenvalue weighted by Gasteiger charge is -2.26. The lowest BCUT2D eigenvalue weighted by Crippen LogP contribution is -2.29. The number of amides is 1. The van der Waals surface area contributed by atoms with Crippen molar-refractivity contribution < 1.29 is 33.7 Å². The summed E-state index contributed by atoms with van der Waals surface area (Å²) in [5.74, 6) is -1.92. The van der Waals surface area contributed by atoms with Gasteiger partial charge in [0.15, 0.2) is 0 Å². The largest absolute Gasteiger partial charge is 0.507 e. The minimum atomic E-state index is -0.939. The van der Waals surface area contributed by atoms with Crippen molar-refractivity contribution in [2.24, 2.45) is 0 Å². The topological polar surface area (TPSA) is 102 Å². The summed E-state index contributed by atoms with van der Waals surface area (Å²) >= 11 is 6.33. The quantitative estimate of drug-likeness (QED) is 0.174. The number of methoxy groups -OCH3 is 2. The highest BCUT2D eigenvalue weighted by Gasteiger charge is 2.47. The maximum atomic E-state index is 13.5. The minimum Gasteiger partial charge on any atom is -0.507 e. The van der Waals surface area contributed by atoms with Crippen LogP contribution in [-0.4, -0.2) is 43.6 Å². The Kier molecular flexibility index (Phi) is 8.26. The zero-order chi connectivity index (χ0) is 28.3. The van der Waals surface area contributed by atoms with Crippen LogP contribution in [0.4, 0.5) is 5.69 Å². The van der Waals surface area contributed by atoms with Crippen molar-refractivity contribution in [1.29, 1.82) is 0 Å². The van der Waals surface area contributed by atoms with Crippen molar-refractivity contribution in [1.82, 2.24) is 0 Å². The van der Waals surface area contributed by atoms with Crippen LogP contribution < -0.4 is 14.4 Å². The van der Waals surface area contributed by atoms with E-state index in [1.807, 2.05) is 25.1 Å². The molecule has 0 saturated carbocycles. The van der Waals surface area contributed by atoms with Gasteiger partial charge in [0.1, 0.15) is 17.3 Å². The van der Waals surface area contributed by atoms with Crippen LogP contribution >= 0.6 is 11.6 Å². The molecule has 1 aliphatic rings. The third kappa shape index (κ3) is 5.47. The Morgan fingerprint density at radius 3 is 2.31 bits per heavy atom. The maximum Gasteiger partial charge on any atom is 0.310 e. The van der Waals surface area contributed by atoms with Crippen molar-refractivity contribution in [2.45, 2.75) is 26.3 Å². The third-order valence-electron chi connectivity index (χ3n) is 6.40. The number of carbonyl (C=O) groups is 3. The second kappa shape index (κ2) is 11.6. The number of esters is 1. The zero-order valence-electron chi connectivity index (χ0n) is 22.0. The normalized spacial score (nSPS) is 16.3. The fourth-order valence-electron chi connectivity index (χ4n) is 4.60. The average Bonchev–Trinajstić information content (AvgIpc) is 3.18. The van der Waals surface area contributed by atoms with Crippen LogP contribution in [0, 0.1) is 6.92 Å². The Hall–Kier alpha value is -4.30. The van der Waals surface area contributed by atoms with Crippen LogP contribution in [-0.2, 0) is 25.5 Å². The van der Waals surface area contributed by atoms with Gasteiger partial charge in [-0.2, -0.15) is 0 Å². The Morgan fingerprint density at radius 2 is 1.69 bits per heavy atom. The highest BCUT2D eigenvalue weighted by Crippen LogP contribution is 2.44. The van der Waals surface area contributed by atoms with Crippen molar-refractivity contribution in [3.8, 4) is 11.5 Å². The highest BCUT2D eigenvalue weighted by molar-refractivity contribution is 6.51. The summed E-state index contributed by atoms with van der Waals surface area (Å²) in [6, 6.07) is 16.1. The summed E-state index contributed by atoms with van der Waals surface area (Å²) in [5.41, 5.74) is 2.69. The number of rotatable bonds is 8. The van der Waals surface area contributed by atoms with E-state index < -0.39 is 23.5 Å². The molecule has 9 heteroatoms. The predicted octanol–water partition coefficient (Wildman–Crippen LogP) is 5.40. The van der Waals surface area contributed by atoms with Gasteiger partial charge in [0, 0.05) is 11.8 Å². The Labute approximate surface area is 231 Å². The summed E-state index contributed by atoms with van der Waals surface area (Å²) in [7, 11) is 2.86. The monoisotopic (exact) mass is 549 g/mol. The molecule has 0 aromatic heterocycles. The first-order chi connectivity index (χ1) is 18.7. The van der Waals surface area contributed by atoms with Gasteiger partial charge in [-0.15, -0.1) is 0 Å². The van der Waals surface area contributed by atoms with Gasteiger partial charge in [-0.3, -0.25) is 19.3 Å². The van der Waals surface area contributed by atoms with Gasteiger partial charge in [0.25, 0.3) is 11.7 Å². The summed E-state index contributed by atoms with van der Waals surface area (Å²) in [6.07, 6.45) is 0.0757. The number of hydrogen-bond acceptors (Lipinski definition) is 7. The molecule has 1 heterocycles. The van der Waals surface area contributed by atoms with Gasteiger partial charge in [0.2, 0.25) is 0 Å². The molecule has 39 heavy (non-hydrogen) atoms. The fourth-order valence-corrected chi connectivity index (χ4v) is 4.84. The van der Waals surface area contributed by atoms with E-state index in [1.165, 1.54) is 31.3 Å². The van der Waals surface area contributed by atoms with E-state index in [0.717, 1.165) is 5.56 Å². The van der Waals surface area contributed by atoms with Gasteiger partial charge >= 0.3 is 5.97 Å². The van der Waals surface area contributed by atoms with Gasteiger partial charge in [-0.25, -0.2) is 0 Å². The SMILES string of the molecule is CCOC(=O)Cc1ccc(N2C(=O)C(=O)/C(=C(/O)c3cc(Cl)c(OC)cc3OC)C2c2cccc(C)c2)cc1. The molecule has 1 aliphatic heterocycles. The first-order valence-electron chi connectivity index (χ1n) is 12.2.